The van der Waals surface area contributed by atoms with Gasteiger partial charge in [0, 0.05) is 30.8 Å². The van der Waals surface area contributed by atoms with Gasteiger partial charge in [0.05, 0.1) is 17.7 Å². The van der Waals surface area contributed by atoms with Gasteiger partial charge in [-0.05, 0) is 27.7 Å². The summed E-state index contributed by atoms with van der Waals surface area (Å²) in [5.41, 5.74) is 0.0398. The van der Waals surface area contributed by atoms with Crippen molar-refractivity contribution >= 4 is 24.3 Å². The van der Waals surface area contributed by atoms with Crippen LogP contribution in [0, 0.1) is 0 Å². The van der Waals surface area contributed by atoms with E-state index in [4.69, 9.17) is 9.31 Å². The molecule has 0 bridgehead atoms. The highest BCUT2D eigenvalue weighted by Gasteiger charge is 2.52. The second kappa shape index (κ2) is 4.78. The smallest absolute Gasteiger partial charge is 0.399 e. The molecular weight excluding hydrogens is 269 g/mol. The zero-order valence-electron chi connectivity index (χ0n) is 12.9. The first kappa shape index (κ1) is 14.5. The molecule has 1 aromatic heterocycles. The first-order chi connectivity index (χ1) is 9.78. The van der Waals surface area contributed by atoms with E-state index in [9.17, 15) is 4.79 Å². The van der Waals surface area contributed by atoms with Gasteiger partial charge < -0.3 is 14.2 Å². The van der Waals surface area contributed by atoms with Gasteiger partial charge in [0.15, 0.2) is 5.78 Å². The number of Topliss-reactive ketones (excluding diaryl/α,β-unsaturated/α-hetero) is 1. The van der Waals surface area contributed by atoms with Gasteiger partial charge in [-0.1, -0.05) is 0 Å². The number of carbonyl (C=O) groups excluding carboxylic acids is 1. The SMILES string of the molecule is CC1(C)OB(c2cnc(N3CCC(=O)C3)nc2)OC1(C)C. The normalized spacial score (nSPS) is 23.9. The summed E-state index contributed by atoms with van der Waals surface area (Å²) in [6.07, 6.45) is 4.00. The molecule has 0 spiro atoms. The van der Waals surface area contributed by atoms with Crippen molar-refractivity contribution in [2.75, 3.05) is 18.0 Å². The molecule has 0 atom stereocenters. The quantitative estimate of drug-likeness (QED) is 0.741. The molecule has 2 fully saturated rings. The Balaban J connectivity index is 1.75. The Morgan fingerprint density at radius 2 is 1.71 bits per heavy atom. The molecule has 21 heavy (non-hydrogen) atoms. The van der Waals surface area contributed by atoms with Gasteiger partial charge in [-0.3, -0.25) is 4.79 Å². The molecular formula is C14H20BN3O3. The van der Waals surface area contributed by atoms with Crippen molar-refractivity contribution in [3.63, 3.8) is 0 Å². The van der Waals surface area contributed by atoms with E-state index >= 15 is 0 Å². The van der Waals surface area contributed by atoms with Gasteiger partial charge in [0.2, 0.25) is 5.95 Å². The van der Waals surface area contributed by atoms with Crippen molar-refractivity contribution in [2.45, 2.75) is 45.3 Å². The number of aromatic nitrogens is 2. The monoisotopic (exact) mass is 289 g/mol. The summed E-state index contributed by atoms with van der Waals surface area (Å²) in [6.45, 7) is 9.14. The third-order valence-corrected chi connectivity index (χ3v) is 4.49. The van der Waals surface area contributed by atoms with E-state index in [0.29, 0.717) is 25.5 Å². The minimum atomic E-state index is -0.454. The topological polar surface area (TPSA) is 64.5 Å². The van der Waals surface area contributed by atoms with E-state index in [1.807, 2.05) is 32.6 Å². The van der Waals surface area contributed by atoms with E-state index < -0.39 is 7.12 Å². The highest BCUT2D eigenvalue weighted by Crippen LogP contribution is 2.36. The van der Waals surface area contributed by atoms with Crippen molar-refractivity contribution in [3.8, 4) is 0 Å². The maximum atomic E-state index is 11.3. The minimum absolute atomic E-state index is 0.230. The van der Waals surface area contributed by atoms with Gasteiger partial charge in [-0.15, -0.1) is 0 Å². The van der Waals surface area contributed by atoms with Crippen molar-refractivity contribution in [1.29, 1.82) is 0 Å². The Morgan fingerprint density at radius 3 is 2.19 bits per heavy atom. The van der Waals surface area contributed by atoms with Crippen molar-refractivity contribution < 1.29 is 14.1 Å². The lowest BCUT2D eigenvalue weighted by molar-refractivity contribution is -0.116. The van der Waals surface area contributed by atoms with Crippen molar-refractivity contribution in [2.24, 2.45) is 0 Å². The fraction of sp³-hybridized carbons (Fsp3) is 0.643. The van der Waals surface area contributed by atoms with Crippen LogP contribution in [0.3, 0.4) is 0 Å². The fourth-order valence-corrected chi connectivity index (χ4v) is 2.40. The number of hydrogen-bond acceptors (Lipinski definition) is 6. The number of ketones is 1. The number of nitrogens with zero attached hydrogens (tertiary/aromatic N) is 3. The number of anilines is 1. The summed E-state index contributed by atoms with van der Waals surface area (Å²) in [7, 11) is -0.454. The fourth-order valence-electron chi connectivity index (χ4n) is 2.40. The summed E-state index contributed by atoms with van der Waals surface area (Å²) in [6, 6.07) is 0. The summed E-state index contributed by atoms with van der Waals surface area (Å²) < 4.78 is 11.9. The summed E-state index contributed by atoms with van der Waals surface area (Å²) in [5.74, 6) is 0.815. The third kappa shape index (κ3) is 2.56. The van der Waals surface area contributed by atoms with Crippen LogP contribution in [-0.4, -0.2) is 47.2 Å². The summed E-state index contributed by atoms with van der Waals surface area (Å²) in [4.78, 5) is 21.9. The highest BCUT2D eigenvalue weighted by atomic mass is 16.7. The molecule has 0 unspecified atom stereocenters. The van der Waals surface area contributed by atoms with Crippen LogP contribution in [0.4, 0.5) is 5.95 Å². The largest absolute Gasteiger partial charge is 0.498 e. The molecule has 0 amide bonds. The summed E-state index contributed by atoms with van der Waals surface area (Å²) in [5, 5.41) is 0. The van der Waals surface area contributed by atoms with Gasteiger partial charge in [-0.25, -0.2) is 9.97 Å². The molecule has 0 N–H and O–H groups in total. The zero-order valence-corrected chi connectivity index (χ0v) is 12.9. The van der Waals surface area contributed by atoms with Crippen LogP contribution in [-0.2, 0) is 14.1 Å². The molecule has 0 aromatic carbocycles. The minimum Gasteiger partial charge on any atom is -0.399 e. The molecule has 2 saturated heterocycles. The van der Waals surface area contributed by atoms with E-state index in [1.165, 1.54) is 0 Å². The zero-order chi connectivity index (χ0) is 15.3. The predicted molar refractivity (Wildman–Crippen MR) is 79.6 cm³/mol. The molecule has 112 valence electrons. The third-order valence-electron chi connectivity index (χ3n) is 4.49. The maximum absolute atomic E-state index is 11.3. The molecule has 7 heteroatoms. The van der Waals surface area contributed by atoms with Gasteiger partial charge in [0.25, 0.3) is 0 Å². The van der Waals surface area contributed by atoms with Gasteiger partial charge in [0.1, 0.15) is 0 Å². The molecule has 3 heterocycles. The van der Waals surface area contributed by atoms with Crippen LogP contribution in [0.1, 0.15) is 34.1 Å². The number of carbonyl (C=O) groups is 1. The van der Waals surface area contributed by atoms with Gasteiger partial charge >= 0.3 is 7.12 Å². The van der Waals surface area contributed by atoms with Crippen LogP contribution < -0.4 is 10.4 Å². The van der Waals surface area contributed by atoms with E-state index in [1.54, 1.807) is 12.4 Å². The maximum Gasteiger partial charge on any atom is 0.498 e. The van der Waals surface area contributed by atoms with E-state index in [-0.39, 0.29) is 17.0 Å². The van der Waals surface area contributed by atoms with Gasteiger partial charge in [-0.2, -0.15) is 0 Å². The Morgan fingerprint density at radius 1 is 1.14 bits per heavy atom. The summed E-state index contributed by atoms with van der Waals surface area (Å²) >= 11 is 0. The average Bonchev–Trinajstić information content (AvgIpc) is 2.92. The second-order valence-corrected chi connectivity index (χ2v) is 6.61. The van der Waals surface area contributed by atoms with Crippen molar-refractivity contribution in [3.05, 3.63) is 12.4 Å². The Bertz CT molecular complexity index is 543. The van der Waals surface area contributed by atoms with Crippen molar-refractivity contribution in [1.82, 2.24) is 9.97 Å². The van der Waals surface area contributed by atoms with Crippen LogP contribution >= 0.6 is 0 Å². The van der Waals surface area contributed by atoms with Crippen LogP contribution in [0.2, 0.25) is 0 Å². The molecule has 3 rings (SSSR count). The van der Waals surface area contributed by atoms with E-state index in [2.05, 4.69) is 9.97 Å². The Hall–Kier alpha value is -1.47. The predicted octanol–water partition coefficient (Wildman–Crippen LogP) is 0.555. The number of rotatable bonds is 2. The van der Waals surface area contributed by atoms with E-state index in [0.717, 1.165) is 5.46 Å². The molecule has 0 radical (unpaired) electrons. The Labute approximate surface area is 125 Å². The standard InChI is InChI=1S/C14H20BN3O3/c1-13(2)14(3,4)21-15(20-13)10-7-16-12(17-8-10)18-6-5-11(19)9-18/h7-8H,5-6,9H2,1-4H3. The molecule has 2 aliphatic heterocycles. The average molecular weight is 289 g/mol. The second-order valence-electron chi connectivity index (χ2n) is 6.61. The van der Waals surface area contributed by atoms with Crippen LogP contribution in [0.15, 0.2) is 12.4 Å². The molecule has 2 aliphatic rings. The molecule has 0 aliphatic carbocycles. The van der Waals surface area contributed by atoms with Crippen LogP contribution in [0.25, 0.3) is 0 Å². The lowest BCUT2D eigenvalue weighted by atomic mass is 9.81. The lowest BCUT2D eigenvalue weighted by Crippen LogP contribution is -2.41. The highest BCUT2D eigenvalue weighted by molar-refractivity contribution is 6.61. The number of hydrogen-bond donors (Lipinski definition) is 0. The first-order valence-electron chi connectivity index (χ1n) is 7.23. The Kier molecular flexibility index (Phi) is 3.29. The molecule has 6 nitrogen and oxygen atoms in total. The molecule has 0 saturated carbocycles. The molecule has 1 aromatic rings. The lowest BCUT2D eigenvalue weighted by Gasteiger charge is -2.32. The first-order valence-corrected chi connectivity index (χ1v) is 7.23. The van der Waals surface area contributed by atoms with Crippen LogP contribution in [0.5, 0.6) is 0 Å².